The monoisotopic (exact) mass is 249 g/mol. The summed E-state index contributed by atoms with van der Waals surface area (Å²) in [5.41, 5.74) is 1.31. The van der Waals surface area contributed by atoms with E-state index in [1.54, 1.807) is 0 Å². The van der Waals surface area contributed by atoms with E-state index in [0.717, 1.165) is 24.8 Å². The molecule has 0 amide bonds. The molecule has 18 heavy (non-hydrogen) atoms. The quantitative estimate of drug-likeness (QED) is 0.792. The number of ether oxygens (including phenoxy) is 1. The topological polar surface area (TPSA) is 21.3 Å². The van der Waals surface area contributed by atoms with Crippen LogP contribution < -0.4 is 10.1 Å². The molecule has 0 spiro atoms. The third-order valence-corrected chi connectivity index (χ3v) is 3.23. The van der Waals surface area contributed by atoms with Crippen LogP contribution in [0.5, 0.6) is 5.75 Å². The summed E-state index contributed by atoms with van der Waals surface area (Å²) in [6.07, 6.45) is 0.237. The molecule has 0 saturated carbocycles. The van der Waals surface area contributed by atoms with Gasteiger partial charge in [0.1, 0.15) is 5.75 Å². The number of hydrogen-bond acceptors (Lipinski definition) is 2. The standard InChI is InChI=1S/C16H27NO/c1-12(2)14(5)10-17-11-15-6-8-16(9-7-15)18-13(3)4/h6-9,12-14,17H,10-11H2,1-5H3. The summed E-state index contributed by atoms with van der Waals surface area (Å²) in [6, 6.07) is 8.35. The summed E-state index contributed by atoms with van der Waals surface area (Å²) in [7, 11) is 0. The maximum atomic E-state index is 5.62. The molecule has 0 radical (unpaired) electrons. The van der Waals surface area contributed by atoms with Gasteiger partial charge in [0, 0.05) is 6.54 Å². The lowest BCUT2D eigenvalue weighted by Gasteiger charge is -2.16. The Bertz CT molecular complexity index is 329. The van der Waals surface area contributed by atoms with Gasteiger partial charge in [-0.15, -0.1) is 0 Å². The molecule has 2 nitrogen and oxygen atoms in total. The van der Waals surface area contributed by atoms with Crippen molar-refractivity contribution in [3.05, 3.63) is 29.8 Å². The van der Waals surface area contributed by atoms with E-state index in [1.165, 1.54) is 5.56 Å². The van der Waals surface area contributed by atoms with E-state index in [1.807, 2.05) is 26.0 Å². The Morgan fingerprint density at radius 1 is 1.00 bits per heavy atom. The highest BCUT2D eigenvalue weighted by molar-refractivity contribution is 5.27. The smallest absolute Gasteiger partial charge is 0.119 e. The Hall–Kier alpha value is -1.02. The Morgan fingerprint density at radius 2 is 1.61 bits per heavy atom. The summed E-state index contributed by atoms with van der Waals surface area (Å²) < 4.78 is 5.62. The van der Waals surface area contributed by atoms with Crippen molar-refractivity contribution in [2.75, 3.05) is 6.54 Å². The fourth-order valence-electron chi connectivity index (χ4n) is 1.64. The van der Waals surface area contributed by atoms with Crippen molar-refractivity contribution in [1.29, 1.82) is 0 Å². The van der Waals surface area contributed by atoms with Gasteiger partial charge in [-0.1, -0.05) is 32.9 Å². The highest BCUT2D eigenvalue weighted by atomic mass is 16.5. The van der Waals surface area contributed by atoms with Crippen LogP contribution in [0.25, 0.3) is 0 Å². The molecule has 0 aliphatic heterocycles. The van der Waals surface area contributed by atoms with E-state index >= 15 is 0 Å². The number of rotatable bonds is 7. The van der Waals surface area contributed by atoms with E-state index < -0.39 is 0 Å². The van der Waals surface area contributed by atoms with E-state index in [-0.39, 0.29) is 6.10 Å². The molecular weight excluding hydrogens is 222 g/mol. The minimum absolute atomic E-state index is 0.237. The summed E-state index contributed by atoms with van der Waals surface area (Å²) in [5, 5.41) is 3.50. The van der Waals surface area contributed by atoms with Crippen molar-refractivity contribution in [2.45, 2.75) is 47.3 Å². The third kappa shape index (κ3) is 5.54. The van der Waals surface area contributed by atoms with Gasteiger partial charge >= 0.3 is 0 Å². The maximum absolute atomic E-state index is 5.62. The molecule has 0 aliphatic rings. The van der Waals surface area contributed by atoms with Crippen molar-refractivity contribution >= 4 is 0 Å². The molecule has 1 rings (SSSR count). The van der Waals surface area contributed by atoms with Gasteiger partial charge in [-0.25, -0.2) is 0 Å². The zero-order valence-electron chi connectivity index (χ0n) is 12.4. The molecule has 1 N–H and O–H groups in total. The Morgan fingerprint density at radius 3 is 2.11 bits per heavy atom. The summed E-state index contributed by atoms with van der Waals surface area (Å²) in [6.45, 7) is 12.9. The second kappa shape index (κ2) is 7.42. The van der Waals surface area contributed by atoms with Crippen molar-refractivity contribution in [3.63, 3.8) is 0 Å². The van der Waals surface area contributed by atoms with Crippen molar-refractivity contribution < 1.29 is 4.74 Å². The predicted octanol–water partition coefficient (Wildman–Crippen LogP) is 3.86. The molecule has 0 aliphatic carbocycles. The Kier molecular flexibility index (Phi) is 6.20. The molecule has 1 atom stereocenters. The largest absolute Gasteiger partial charge is 0.491 e. The molecule has 2 heteroatoms. The van der Waals surface area contributed by atoms with Crippen molar-refractivity contribution in [3.8, 4) is 5.75 Å². The molecule has 0 saturated heterocycles. The molecule has 0 heterocycles. The van der Waals surface area contributed by atoms with Gasteiger partial charge in [0.2, 0.25) is 0 Å². The van der Waals surface area contributed by atoms with Crippen molar-refractivity contribution in [1.82, 2.24) is 5.32 Å². The number of nitrogens with one attached hydrogen (secondary N) is 1. The van der Waals surface area contributed by atoms with Crippen LogP contribution in [-0.4, -0.2) is 12.6 Å². The molecule has 0 fully saturated rings. The van der Waals surface area contributed by atoms with Crippen LogP contribution in [-0.2, 0) is 6.54 Å². The predicted molar refractivity (Wildman–Crippen MR) is 77.9 cm³/mol. The van der Waals surface area contributed by atoms with E-state index in [0.29, 0.717) is 5.92 Å². The minimum atomic E-state index is 0.237. The van der Waals surface area contributed by atoms with Gasteiger partial charge in [-0.3, -0.25) is 0 Å². The van der Waals surface area contributed by atoms with Crippen LogP contribution in [0.2, 0.25) is 0 Å². The van der Waals surface area contributed by atoms with E-state index in [4.69, 9.17) is 4.74 Å². The Labute approximate surface area is 112 Å². The molecule has 1 aromatic carbocycles. The number of hydrogen-bond donors (Lipinski definition) is 1. The summed E-state index contributed by atoms with van der Waals surface area (Å²) in [5.74, 6) is 2.40. The fourth-order valence-corrected chi connectivity index (χ4v) is 1.64. The lowest BCUT2D eigenvalue weighted by atomic mass is 9.98. The first-order valence-electron chi connectivity index (χ1n) is 6.95. The van der Waals surface area contributed by atoms with Crippen molar-refractivity contribution in [2.24, 2.45) is 11.8 Å². The first-order valence-corrected chi connectivity index (χ1v) is 6.95. The van der Waals surface area contributed by atoms with Crippen LogP contribution >= 0.6 is 0 Å². The van der Waals surface area contributed by atoms with Gasteiger partial charge < -0.3 is 10.1 Å². The van der Waals surface area contributed by atoms with Gasteiger partial charge in [0.25, 0.3) is 0 Å². The average Bonchev–Trinajstić information content (AvgIpc) is 2.30. The molecule has 102 valence electrons. The SMILES string of the molecule is CC(C)Oc1ccc(CNCC(C)C(C)C)cc1. The second-order valence-corrected chi connectivity index (χ2v) is 5.66. The zero-order valence-corrected chi connectivity index (χ0v) is 12.4. The van der Waals surface area contributed by atoms with E-state index in [2.05, 4.69) is 38.2 Å². The fraction of sp³-hybridized carbons (Fsp3) is 0.625. The Balaban J connectivity index is 2.35. The lowest BCUT2D eigenvalue weighted by molar-refractivity contribution is 0.242. The zero-order chi connectivity index (χ0) is 13.5. The first kappa shape index (κ1) is 15.0. The normalized spacial score (nSPS) is 13.1. The molecule has 1 aromatic rings. The van der Waals surface area contributed by atoms with Gasteiger partial charge in [0.15, 0.2) is 0 Å². The third-order valence-electron chi connectivity index (χ3n) is 3.23. The van der Waals surface area contributed by atoms with Gasteiger partial charge in [-0.2, -0.15) is 0 Å². The lowest BCUT2D eigenvalue weighted by Crippen LogP contribution is -2.23. The summed E-state index contributed by atoms with van der Waals surface area (Å²) in [4.78, 5) is 0. The average molecular weight is 249 g/mol. The second-order valence-electron chi connectivity index (χ2n) is 5.66. The van der Waals surface area contributed by atoms with Crippen LogP contribution in [0.1, 0.15) is 40.2 Å². The van der Waals surface area contributed by atoms with Crippen LogP contribution in [0, 0.1) is 11.8 Å². The van der Waals surface area contributed by atoms with Crippen LogP contribution in [0.15, 0.2) is 24.3 Å². The summed E-state index contributed by atoms with van der Waals surface area (Å²) >= 11 is 0. The maximum Gasteiger partial charge on any atom is 0.119 e. The molecular formula is C16H27NO. The molecule has 0 bridgehead atoms. The highest BCUT2D eigenvalue weighted by Gasteiger charge is 2.06. The van der Waals surface area contributed by atoms with E-state index in [9.17, 15) is 0 Å². The minimum Gasteiger partial charge on any atom is -0.491 e. The van der Waals surface area contributed by atoms with Crippen LogP contribution in [0.4, 0.5) is 0 Å². The van der Waals surface area contributed by atoms with Crippen LogP contribution in [0.3, 0.4) is 0 Å². The van der Waals surface area contributed by atoms with Gasteiger partial charge in [-0.05, 0) is 49.9 Å². The number of benzene rings is 1. The van der Waals surface area contributed by atoms with Gasteiger partial charge in [0.05, 0.1) is 6.10 Å². The molecule has 0 aromatic heterocycles. The highest BCUT2D eigenvalue weighted by Crippen LogP contribution is 2.14. The first-order chi connectivity index (χ1) is 8.49. The molecule has 1 unspecified atom stereocenters.